The van der Waals surface area contributed by atoms with Crippen molar-refractivity contribution in [2.75, 3.05) is 31.9 Å². The minimum Gasteiger partial charge on any atom is -0.399 e. The molecule has 0 amide bonds. The summed E-state index contributed by atoms with van der Waals surface area (Å²) >= 11 is 1.36. The van der Waals surface area contributed by atoms with Gasteiger partial charge in [0, 0.05) is 43.8 Å². The van der Waals surface area contributed by atoms with Crippen LogP contribution in [0.4, 0.5) is 5.69 Å². The molecule has 6 nitrogen and oxygen atoms in total. The summed E-state index contributed by atoms with van der Waals surface area (Å²) in [6, 6.07) is 7.80. The van der Waals surface area contributed by atoms with Crippen LogP contribution in [0, 0.1) is 6.92 Å². The first-order valence-corrected chi connectivity index (χ1v) is 9.76. The van der Waals surface area contributed by atoms with E-state index in [0.717, 1.165) is 22.8 Å². The first-order chi connectivity index (χ1) is 10.9. The second kappa shape index (κ2) is 7.79. The highest BCUT2D eigenvalue weighted by Gasteiger charge is 2.30. The van der Waals surface area contributed by atoms with Gasteiger partial charge in [0.15, 0.2) is 5.03 Å². The van der Waals surface area contributed by atoms with E-state index in [2.05, 4.69) is 9.88 Å². The van der Waals surface area contributed by atoms with Crippen molar-refractivity contribution < 1.29 is 8.42 Å². The van der Waals surface area contributed by atoms with Gasteiger partial charge >= 0.3 is 0 Å². The number of sulfonamides is 1. The van der Waals surface area contributed by atoms with Crippen molar-refractivity contribution in [2.45, 2.75) is 18.5 Å². The third kappa shape index (κ3) is 4.25. The van der Waals surface area contributed by atoms with E-state index in [1.807, 2.05) is 31.2 Å². The normalized spacial score (nSPS) is 16.7. The second-order valence-electron chi connectivity index (χ2n) is 5.63. The Bertz CT molecular complexity index is 786. The monoisotopic (exact) mass is 388 g/mol. The van der Waals surface area contributed by atoms with Crippen LogP contribution >= 0.6 is 23.7 Å². The van der Waals surface area contributed by atoms with Crippen LogP contribution in [0.2, 0.25) is 0 Å². The van der Waals surface area contributed by atoms with E-state index < -0.39 is 10.0 Å². The minimum absolute atomic E-state index is 0. The number of aromatic nitrogens is 1. The molecule has 1 fully saturated rings. The molecule has 2 aromatic rings. The molecule has 2 N–H and O–H groups in total. The molecule has 0 atom stereocenters. The predicted molar refractivity (Wildman–Crippen MR) is 99.0 cm³/mol. The van der Waals surface area contributed by atoms with Crippen LogP contribution in [0.5, 0.6) is 0 Å². The molecular formula is C15H21ClN4O2S2. The molecule has 0 saturated carbocycles. The number of benzene rings is 1. The van der Waals surface area contributed by atoms with E-state index in [4.69, 9.17) is 5.73 Å². The van der Waals surface area contributed by atoms with E-state index in [9.17, 15) is 8.42 Å². The largest absolute Gasteiger partial charge is 0.399 e. The number of nitrogens with two attached hydrogens (primary N) is 1. The molecule has 132 valence electrons. The van der Waals surface area contributed by atoms with Crippen LogP contribution in [0.1, 0.15) is 10.6 Å². The van der Waals surface area contributed by atoms with Gasteiger partial charge in [-0.2, -0.15) is 4.31 Å². The molecule has 3 rings (SSSR count). The summed E-state index contributed by atoms with van der Waals surface area (Å²) in [5, 5.41) is 2.55. The molecule has 0 radical (unpaired) electrons. The Labute approximate surface area is 152 Å². The summed E-state index contributed by atoms with van der Waals surface area (Å²) in [5.74, 6) is 0. The van der Waals surface area contributed by atoms with E-state index in [1.165, 1.54) is 15.6 Å². The van der Waals surface area contributed by atoms with Crippen molar-refractivity contribution in [3.63, 3.8) is 0 Å². The number of piperazine rings is 1. The van der Waals surface area contributed by atoms with Gasteiger partial charge in [-0.1, -0.05) is 12.1 Å². The van der Waals surface area contributed by atoms with Gasteiger partial charge in [0.1, 0.15) is 0 Å². The Hall–Kier alpha value is -1.19. The summed E-state index contributed by atoms with van der Waals surface area (Å²) in [6.45, 7) is 4.98. The Kier molecular flexibility index (Phi) is 6.22. The maximum Gasteiger partial charge on any atom is 0.261 e. The molecule has 1 aliphatic heterocycles. The lowest BCUT2D eigenvalue weighted by Crippen LogP contribution is -2.48. The van der Waals surface area contributed by atoms with Crippen LogP contribution in [0.25, 0.3) is 0 Å². The maximum absolute atomic E-state index is 12.5. The van der Waals surface area contributed by atoms with Gasteiger partial charge in [0.05, 0.1) is 5.01 Å². The molecule has 1 aromatic heterocycles. The average Bonchev–Trinajstić information content (AvgIpc) is 2.95. The van der Waals surface area contributed by atoms with Crippen molar-refractivity contribution in [3.8, 4) is 0 Å². The number of hydrogen-bond acceptors (Lipinski definition) is 6. The molecular weight excluding hydrogens is 368 g/mol. The maximum atomic E-state index is 12.5. The Morgan fingerprint density at radius 3 is 2.54 bits per heavy atom. The number of anilines is 1. The molecule has 0 bridgehead atoms. The minimum atomic E-state index is -3.46. The standard InChI is InChI=1S/C15H20N4O2S2.ClH/c1-12-17-15(11-22-12)23(20,21)19-7-5-18(6-8-19)10-13-3-2-4-14(16)9-13;/h2-4,9,11H,5-8,10,16H2,1H3;1H. The predicted octanol–water partition coefficient (Wildman–Crippen LogP) is 1.96. The molecule has 0 spiro atoms. The lowest BCUT2D eigenvalue weighted by Gasteiger charge is -2.33. The van der Waals surface area contributed by atoms with Gasteiger partial charge in [0.2, 0.25) is 0 Å². The summed E-state index contributed by atoms with van der Waals surface area (Å²) < 4.78 is 26.6. The highest BCUT2D eigenvalue weighted by atomic mass is 35.5. The molecule has 1 saturated heterocycles. The molecule has 0 unspecified atom stereocenters. The number of aryl methyl sites for hydroxylation is 1. The lowest BCUT2D eigenvalue weighted by atomic mass is 10.2. The third-order valence-corrected chi connectivity index (χ3v) is 6.60. The molecule has 2 heterocycles. The average molecular weight is 389 g/mol. The van der Waals surface area contributed by atoms with Gasteiger partial charge in [-0.3, -0.25) is 4.90 Å². The van der Waals surface area contributed by atoms with Gasteiger partial charge in [-0.05, 0) is 24.6 Å². The van der Waals surface area contributed by atoms with E-state index >= 15 is 0 Å². The van der Waals surface area contributed by atoms with E-state index in [0.29, 0.717) is 26.2 Å². The van der Waals surface area contributed by atoms with Gasteiger partial charge in [-0.25, -0.2) is 13.4 Å². The van der Waals surface area contributed by atoms with Crippen LogP contribution in [0.15, 0.2) is 34.7 Å². The van der Waals surface area contributed by atoms with E-state index in [1.54, 1.807) is 5.38 Å². The summed E-state index contributed by atoms with van der Waals surface area (Å²) in [4.78, 5) is 6.36. The van der Waals surface area contributed by atoms with Crippen molar-refractivity contribution in [1.82, 2.24) is 14.2 Å². The zero-order valence-corrected chi connectivity index (χ0v) is 15.8. The highest BCUT2D eigenvalue weighted by Crippen LogP contribution is 2.20. The zero-order valence-electron chi connectivity index (χ0n) is 13.4. The van der Waals surface area contributed by atoms with Crippen LogP contribution in [-0.4, -0.2) is 48.8 Å². The fourth-order valence-corrected chi connectivity index (χ4v) is 5.00. The quantitative estimate of drug-likeness (QED) is 0.810. The lowest BCUT2D eigenvalue weighted by molar-refractivity contribution is 0.181. The number of nitrogen functional groups attached to an aromatic ring is 1. The van der Waals surface area contributed by atoms with Crippen molar-refractivity contribution in [1.29, 1.82) is 0 Å². The summed E-state index contributed by atoms with van der Waals surface area (Å²) in [6.07, 6.45) is 0. The molecule has 24 heavy (non-hydrogen) atoms. The molecule has 0 aliphatic carbocycles. The summed E-state index contributed by atoms with van der Waals surface area (Å²) in [7, 11) is -3.46. The van der Waals surface area contributed by atoms with Crippen molar-refractivity contribution >= 4 is 39.5 Å². The fourth-order valence-electron chi connectivity index (χ4n) is 2.67. The Balaban J connectivity index is 0.00000208. The zero-order chi connectivity index (χ0) is 16.4. The number of rotatable bonds is 4. The van der Waals surface area contributed by atoms with Gasteiger partial charge < -0.3 is 5.73 Å². The number of halogens is 1. The molecule has 1 aromatic carbocycles. The SMILES string of the molecule is Cc1nc(S(=O)(=O)N2CCN(Cc3cccc(N)c3)CC2)cs1.Cl. The molecule has 9 heteroatoms. The van der Waals surface area contributed by atoms with Gasteiger partial charge in [-0.15, -0.1) is 23.7 Å². The van der Waals surface area contributed by atoms with Crippen molar-refractivity contribution in [3.05, 3.63) is 40.2 Å². The molecule has 1 aliphatic rings. The summed E-state index contributed by atoms with van der Waals surface area (Å²) in [5.41, 5.74) is 7.70. The number of thiazole rings is 1. The van der Waals surface area contributed by atoms with Crippen LogP contribution < -0.4 is 5.73 Å². The fraction of sp³-hybridized carbons (Fsp3) is 0.400. The smallest absolute Gasteiger partial charge is 0.261 e. The topological polar surface area (TPSA) is 79.5 Å². The second-order valence-corrected chi connectivity index (χ2v) is 8.58. The van der Waals surface area contributed by atoms with E-state index in [-0.39, 0.29) is 17.4 Å². The van der Waals surface area contributed by atoms with Crippen LogP contribution in [-0.2, 0) is 16.6 Å². The number of hydrogen-bond donors (Lipinski definition) is 1. The van der Waals surface area contributed by atoms with Crippen molar-refractivity contribution in [2.24, 2.45) is 0 Å². The third-order valence-electron chi connectivity index (χ3n) is 3.89. The number of nitrogens with zero attached hydrogens (tertiary/aromatic N) is 3. The van der Waals surface area contributed by atoms with Gasteiger partial charge in [0.25, 0.3) is 10.0 Å². The Morgan fingerprint density at radius 1 is 1.25 bits per heavy atom. The Morgan fingerprint density at radius 2 is 1.96 bits per heavy atom. The van der Waals surface area contributed by atoms with Crippen LogP contribution in [0.3, 0.4) is 0 Å². The highest BCUT2D eigenvalue weighted by molar-refractivity contribution is 7.89. The first-order valence-electron chi connectivity index (χ1n) is 7.44. The first kappa shape index (κ1) is 19.1.